The molecule has 1 unspecified atom stereocenters. The Bertz CT molecular complexity index is 510. The monoisotopic (exact) mass is 228 g/mol. The summed E-state index contributed by atoms with van der Waals surface area (Å²) >= 11 is 0. The van der Waals surface area contributed by atoms with E-state index in [4.69, 9.17) is 5.84 Å². The van der Waals surface area contributed by atoms with Gasteiger partial charge in [-0.25, -0.2) is 15.4 Å². The molecule has 3 N–H and O–H groups in total. The quantitative estimate of drug-likeness (QED) is 0.619. The van der Waals surface area contributed by atoms with Crippen molar-refractivity contribution in [1.29, 1.82) is 0 Å². The molecule has 1 heterocycles. The van der Waals surface area contributed by atoms with Gasteiger partial charge in [-0.3, -0.25) is 5.84 Å². The van der Waals surface area contributed by atoms with Crippen LogP contribution in [-0.2, 0) is 0 Å². The third kappa shape index (κ3) is 2.49. The molecule has 17 heavy (non-hydrogen) atoms. The van der Waals surface area contributed by atoms with Crippen molar-refractivity contribution in [2.75, 3.05) is 0 Å². The molecule has 4 nitrogen and oxygen atoms in total. The maximum Gasteiger partial charge on any atom is 0.125 e. The van der Waals surface area contributed by atoms with Crippen molar-refractivity contribution in [2.24, 2.45) is 5.84 Å². The zero-order valence-electron chi connectivity index (χ0n) is 10.0. The second-order valence-corrected chi connectivity index (χ2v) is 3.98. The molecule has 0 radical (unpaired) electrons. The van der Waals surface area contributed by atoms with E-state index in [1.54, 1.807) is 6.20 Å². The minimum atomic E-state index is -0.0992. The first-order valence-corrected chi connectivity index (χ1v) is 5.53. The van der Waals surface area contributed by atoms with Crippen molar-refractivity contribution in [3.05, 3.63) is 59.2 Å². The highest BCUT2D eigenvalue weighted by atomic mass is 15.2. The number of nitrogens with zero attached hydrogens (tertiary/aromatic N) is 2. The van der Waals surface area contributed by atoms with Crippen molar-refractivity contribution >= 4 is 0 Å². The van der Waals surface area contributed by atoms with Crippen LogP contribution >= 0.6 is 0 Å². The minimum Gasteiger partial charge on any atom is -0.271 e. The van der Waals surface area contributed by atoms with Gasteiger partial charge in [-0.1, -0.05) is 24.3 Å². The summed E-state index contributed by atoms with van der Waals surface area (Å²) in [7, 11) is 0. The van der Waals surface area contributed by atoms with Crippen molar-refractivity contribution in [2.45, 2.75) is 19.9 Å². The summed E-state index contributed by atoms with van der Waals surface area (Å²) in [4.78, 5) is 8.50. The van der Waals surface area contributed by atoms with Gasteiger partial charge in [-0.2, -0.15) is 0 Å². The third-order valence-corrected chi connectivity index (χ3v) is 2.76. The number of nitrogens with one attached hydrogen (secondary N) is 1. The normalized spacial score (nSPS) is 12.4. The van der Waals surface area contributed by atoms with E-state index in [2.05, 4.69) is 34.5 Å². The summed E-state index contributed by atoms with van der Waals surface area (Å²) < 4.78 is 0. The predicted octanol–water partition coefficient (Wildman–Crippen LogP) is 1.65. The number of hydrogen-bond acceptors (Lipinski definition) is 4. The number of aryl methyl sites for hydroxylation is 2. The van der Waals surface area contributed by atoms with Gasteiger partial charge in [0.25, 0.3) is 0 Å². The van der Waals surface area contributed by atoms with Crippen LogP contribution in [0.3, 0.4) is 0 Å². The third-order valence-electron chi connectivity index (χ3n) is 2.76. The average molecular weight is 228 g/mol. The Morgan fingerprint density at radius 3 is 2.59 bits per heavy atom. The molecule has 1 aromatic carbocycles. The van der Waals surface area contributed by atoms with Crippen LogP contribution in [0.1, 0.15) is 28.7 Å². The van der Waals surface area contributed by atoms with Crippen molar-refractivity contribution in [3.8, 4) is 0 Å². The van der Waals surface area contributed by atoms with Gasteiger partial charge >= 0.3 is 0 Å². The topological polar surface area (TPSA) is 63.8 Å². The largest absolute Gasteiger partial charge is 0.271 e. The van der Waals surface area contributed by atoms with E-state index in [9.17, 15) is 0 Å². The summed E-state index contributed by atoms with van der Waals surface area (Å²) in [6, 6.07) is 9.91. The Morgan fingerprint density at radius 1 is 1.18 bits per heavy atom. The predicted molar refractivity (Wildman–Crippen MR) is 67.1 cm³/mol. The molecule has 0 bridgehead atoms. The number of hydrogen-bond donors (Lipinski definition) is 2. The first-order valence-electron chi connectivity index (χ1n) is 5.53. The Balaban J connectivity index is 2.44. The fourth-order valence-corrected chi connectivity index (χ4v) is 1.88. The van der Waals surface area contributed by atoms with E-state index in [0.29, 0.717) is 0 Å². The van der Waals surface area contributed by atoms with E-state index < -0.39 is 0 Å². The number of rotatable bonds is 3. The molecule has 2 rings (SSSR count). The zero-order chi connectivity index (χ0) is 12.3. The molecule has 1 atom stereocenters. The number of aromatic nitrogens is 2. The lowest BCUT2D eigenvalue weighted by molar-refractivity contribution is 0.613. The van der Waals surface area contributed by atoms with E-state index in [1.165, 1.54) is 5.56 Å². The highest BCUT2D eigenvalue weighted by molar-refractivity contribution is 5.33. The van der Waals surface area contributed by atoms with E-state index in [-0.39, 0.29) is 6.04 Å². The summed E-state index contributed by atoms with van der Waals surface area (Å²) in [5.74, 6) is 6.39. The van der Waals surface area contributed by atoms with E-state index in [0.717, 1.165) is 17.1 Å². The molecular weight excluding hydrogens is 212 g/mol. The zero-order valence-corrected chi connectivity index (χ0v) is 10.0. The molecule has 0 aliphatic rings. The molecule has 0 spiro atoms. The first-order chi connectivity index (χ1) is 8.22. The summed E-state index contributed by atoms with van der Waals surface area (Å²) in [5, 5.41) is 0. The molecular formula is C13H16N4. The Kier molecular flexibility index (Phi) is 3.46. The number of nitrogens with two attached hydrogens (primary N) is 1. The molecule has 0 saturated heterocycles. The van der Waals surface area contributed by atoms with Crippen LogP contribution in [0.2, 0.25) is 0 Å². The van der Waals surface area contributed by atoms with Crippen LogP contribution in [0, 0.1) is 13.8 Å². The Hall–Kier alpha value is -1.78. The lowest BCUT2D eigenvalue weighted by atomic mass is 9.99. The van der Waals surface area contributed by atoms with Gasteiger partial charge in [-0.15, -0.1) is 0 Å². The molecule has 0 saturated carbocycles. The standard InChI is InChI=1S/C13H16N4/c1-9-5-3-4-6-11(9)13(17-14)12-7-8-15-10(2)16-12/h3-8,13,17H,14H2,1-2H3. The fraction of sp³-hybridized carbons (Fsp3) is 0.231. The highest BCUT2D eigenvalue weighted by Gasteiger charge is 2.15. The van der Waals surface area contributed by atoms with Gasteiger partial charge in [0.1, 0.15) is 5.82 Å². The van der Waals surface area contributed by atoms with Crippen LogP contribution in [-0.4, -0.2) is 9.97 Å². The van der Waals surface area contributed by atoms with Crippen LogP contribution in [0.5, 0.6) is 0 Å². The van der Waals surface area contributed by atoms with E-state index >= 15 is 0 Å². The molecule has 1 aromatic heterocycles. The lowest BCUT2D eigenvalue weighted by Gasteiger charge is -2.18. The van der Waals surface area contributed by atoms with Gasteiger partial charge in [0.05, 0.1) is 11.7 Å². The lowest BCUT2D eigenvalue weighted by Crippen LogP contribution is -2.30. The summed E-state index contributed by atoms with van der Waals surface area (Å²) in [6.45, 7) is 3.93. The maximum absolute atomic E-state index is 5.65. The second-order valence-electron chi connectivity index (χ2n) is 3.98. The molecule has 2 aromatic rings. The smallest absolute Gasteiger partial charge is 0.125 e. The number of hydrazine groups is 1. The van der Waals surface area contributed by atoms with Gasteiger partial charge < -0.3 is 0 Å². The van der Waals surface area contributed by atoms with Crippen molar-refractivity contribution in [1.82, 2.24) is 15.4 Å². The Labute approximate surface area is 101 Å². The van der Waals surface area contributed by atoms with Gasteiger partial charge in [-0.05, 0) is 31.0 Å². The molecule has 0 aliphatic carbocycles. The van der Waals surface area contributed by atoms with Gasteiger partial charge in [0.2, 0.25) is 0 Å². The van der Waals surface area contributed by atoms with Crippen LogP contribution < -0.4 is 11.3 Å². The summed E-state index contributed by atoms with van der Waals surface area (Å²) in [5.41, 5.74) is 6.02. The number of benzene rings is 1. The van der Waals surface area contributed by atoms with Crippen molar-refractivity contribution in [3.63, 3.8) is 0 Å². The SMILES string of the molecule is Cc1nccc(C(NN)c2ccccc2C)n1. The molecule has 0 amide bonds. The summed E-state index contributed by atoms with van der Waals surface area (Å²) in [6.07, 6.45) is 1.75. The maximum atomic E-state index is 5.65. The highest BCUT2D eigenvalue weighted by Crippen LogP contribution is 2.22. The van der Waals surface area contributed by atoms with Crippen LogP contribution in [0.25, 0.3) is 0 Å². The van der Waals surface area contributed by atoms with Crippen LogP contribution in [0.15, 0.2) is 36.5 Å². The average Bonchev–Trinajstić information content (AvgIpc) is 2.33. The molecule has 4 heteroatoms. The molecule has 0 fully saturated rings. The molecule has 88 valence electrons. The van der Waals surface area contributed by atoms with Crippen LogP contribution in [0.4, 0.5) is 0 Å². The van der Waals surface area contributed by atoms with Crippen molar-refractivity contribution < 1.29 is 0 Å². The Morgan fingerprint density at radius 2 is 1.94 bits per heavy atom. The molecule has 0 aliphatic heterocycles. The van der Waals surface area contributed by atoms with Gasteiger partial charge in [0, 0.05) is 6.20 Å². The van der Waals surface area contributed by atoms with E-state index in [1.807, 2.05) is 25.1 Å². The minimum absolute atomic E-state index is 0.0992. The fourth-order valence-electron chi connectivity index (χ4n) is 1.88. The first kappa shape index (κ1) is 11.7. The second kappa shape index (κ2) is 5.03. The van der Waals surface area contributed by atoms with Gasteiger partial charge in [0.15, 0.2) is 0 Å².